The van der Waals surface area contributed by atoms with Crippen molar-refractivity contribution in [2.75, 3.05) is 13.7 Å². The Morgan fingerprint density at radius 1 is 1.10 bits per heavy atom. The highest BCUT2D eigenvalue weighted by molar-refractivity contribution is 8.00. The van der Waals surface area contributed by atoms with Gasteiger partial charge in [0.2, 0.25) is 0 Å². The van der Waals surface area contributed by atoms with Crippen LogP contribution in [0.15, 0.2) is 52.9 Å². The van der Waals surface area contributed by atoms with E-state index in [4.69, 9.17) is 4.74 Å². The Morgan fingerprint density at radius 3 is 2.58 bits per heavy atom. The lowest BCUT2D eigenvalue weighted by atomic mass is 9.94. The van der Waals surface area contributed by atoms with Gasteiger partial charge in [-0.25, -0.2) is 9.78 Å². The second-order valence-electron chi connectivity index (χ2n) is 7.81. The quantitative estimate of drug-likeness (QED) is 0.347. The highest BCUT2D eigenvalue weighted by atomic mass is 32.2. The first-order valence-corrected chi connectivity index (χ1v) is 12.4. The van der Waals surface area contributed by atoms with Crippen LogP contribution in [0.25, 0.3) is 10.2 Å². The van der Waals surface area contributed by atoms with Gasteiger partial charge in [0.05, 0.1) is 15.8 Å². The molecule has 1 saturated carbocycles. The molecule has 1 aliphatic rings. The Labute approximate surface area is 190 Å². The first-order valence-electron chi connectivity index (χ1n) is 10.6. The molecule has 0 N–H and O–H groups in total. The molecule has 0 bridgehead atoms. The molecule has 2 aromatic carbocycles. The van der Waals surface area contributed by atoms with E-state index in [2.05, 4.69) is 11.1 Å². The van der Waals surface area contributed by atoms with Crippen LogP contribution < -0.4 is 0 Å². The summed E-state index contributed by atoms with van der Waals surface area (Å²) >= 11 is 3.37. The molecule has 162 valence electrons. The summed E-state index contributed by atoms with van der Waals surface area (Å²) < 4.78 is 7.48. The molecule has 0 unspecified atom stereocenters. The van der Waals surface area contributed by atoms with Crippen molar-refractivity contribution in [1.82, 2.24) is 9.88 Å². The number of likely N-dealkylation sites (N-methyl/N-ethyl adjacent to an activating group) is 1. The zero-order chi connectivity index (χ0) is 21.6. The molecule has 4 rings (SSSR count). The van der Waals surface area contributed by atoms with Crippen molar-refractivity contribution >= 4 is 45.2 Å². The summed E-state index contributed by atoms with van der Waals surface area (Å²) in [5, 5.41) is 0. The van der Waals surface area contributed by atoms with Crippen molar-refractivity contribution in [1.29, 1.82) is 0 Å². The number of para-hydroxylation sites is 1. The number of carbonyl (C=O) groups excluding carboxylic acids is 2. The van der Waals surface area contributed by atoms with E-state index in [-0.39, 0.29) is 18.6 Å². The third kappa shape index (κ3) is 5.66. The Kier molecular flexibility index (Phi) is 7.25. The van der Waals surface area contributed by atoms with Crippen molar-refractivity contribution in [3.63, 3.8) is 0 Å². The van der Waals surface area contributed by atoms with Crippen molar-refractivity contribution in [2.24, 2.45) is 0 Å². The van der Waals surface area contributed by atoms with Gasteiger partial charge in [-0.15, -0.1) is 11.3 Å². The molecular weight excluding hydrogens is 428 g/mol. The Hall–Kier alpha value is -2.38. The average molecular weight is 455 g/mol. The van der Waals surface area contributed by atoms with Crippen LogP contribution in [0.3, 0.4) is 0 Å². The molecular formula is C24H26N2O3S2. The van der Waals surface area contributed by atoms with E-state index >= 15 is 0 Å². The van der Waals surface area contributed by atoms with Crippen LogP contribution in [-0.2, 0) is 15.3 Å². The standard InChI is InChI=1S/C24H26N2O3S2/c1-26(19-7-3-2-4-8-19)22(27)15-29-23(28)18-13-11-17(12-14-18)16-30-24-25-20-9-5-6-10-21(20)31-24/h5-6,9-14,19H,2-4,7-8,15-16H2,1H3. The van der Waals surface area contributed by atoms with Crippen LogP contribution in [0, 0.1) is 0 Å². The van der Waals surface area contributed by atoms with E-state index < -0.39 is 5.97 Å². The summed E-state index contributed by atoms with van der Waals surface area (Å²) in [7, 11) is 1.81. The SMILES string of the molecule is CN(C(=O)COC(=O)c1ccc(CSc2nc3ccccc3s2)cc1)C1CCCCC1. The first kappa shape index (κ1) is 21.8. The molecule has 3 aromatic rings. The number of hydrogen-bond acceptors (Lipinski definition) is 6. The third-order valence-electron chi connectivity index (χ3n) is 5.67. The predicted octanol–water partition coefficient (Wildman–Crippen LogP) is 5.54. The number of ether oxygens (including phenoxy) is 1. The lowest BCUT2D eigenvalue weighted by Crippen LogP contribution is -2.40. The Balaban J connectivity index is 1.26. The predicted molar refractivity (Wildman–Crippen MR) is 126 cm³/mol. The van der Waals surface area contributed by atoms with Gasteiger partial charge in [0, 0.05) is 18.8 Å². The molecule has 1 aliphatic carbocycles. The minimum atomic E-state index is -0.462. The largest absolute Gasteiger partial charge is 0.452 e. The highest BCUT2D eigenvalue weighted by Crippen LogP contribution is 2.31. The van der Waals surface area contributed by atoms with E-state index in [0.717, 1.165) is 46.9 Å². The van der Waals surface area contributed by atoms with Crippen LogP contribution in [0.2, 0.25) is 0 Å². The van der Waals surface area contributed by atoms with Crippen molar-refractivity contribution in [3.05, 3.63) is 59.7 Å². The number of benzene rings is 2. The fraction of sp³-hybridized carbons (Fsp3) is 0.375. The van der Waals surface area contributed by atoms with E-state index in [0.29, 0.717) is 5.56 Å². The van der Waals surface area contributed by atoms with Crippen LogP contribution in [-0.4, -0.2) is 41.5 Å². The summed E-state index contributed by atoms with van der Waals surface area (Å²) in [5.41, 5.74) is 2.59. The number of thiazole rings is 1. The van der Waals surface area contributed by atoms with Crippen LogP contribution in [0.4, 0.5) is 0 Å². The first-order chi connectivity index (χ1) is 15.1. The third-order valence-corrected chi connectivity index (χ3v) is 7.92. The number of aromatic nitrogens is 1. The van der Waals surface area contributed by atoms with E-state index in [1.165, 1.54) is 11.1 Å². The van der Waals surface area contributed by atoms with E-state index in [1.54, 1.807) is 40.1 Å². The summed E-state index contributed by atoms with van der Waals surface area (Å²) in [6, 6.07) is 15.7. The summed E-state index contributed by atoms with van der Waals surface area (Å²) in [6.45, 7) is -0.207. The van der Waals surface area contributed by atoms with Crippen molar-refractivity contribution in [3.8, 4) is 0 Å². The smallest absolute Gasteiger partial charge is 0.338 e. The number of nitrogens with zero attached hydrogens (tertiary/aromatic N) is 2. The van der Waals surface area contributed by atoms with Crippen LogP contribution in [0.1, 0.15) is 48.0 Å². The van der Waals surface area contributed by atoms with Crippen LogP contribution in [0.5, 0.6) is 0 Å². The molecule has 0 aliphatic heterocycles. The van der Waals surface area contributed by atoms with Gasteiger partial charge >= 0.3 is 5.97 Å². The molecule has 1 aromatic heterocycles. The molecule has 0 spiro atoms. The Bertz CT molecular complexity index is 1010. The van der Waals surface area contributed by atoms with E-state index in [1.807, 2.05) is 37.4 Å². The fourth-order valence-corrected chi connectivity index (χ4v) is 5.80. The molecule has 0 saturated heterocycles. The van der Waals surface area contributed by atoms with Gasteiger partial charge in [0.15, 0.2) is 10.9 Å². The second kappa shape index (κ2) is 10.3. The second-order valence-corrected chi connectivity index (χ2v) is 10.1. The van der Waals surface area contributed by atoms with Crippen molar-refractivity contribution in [2.45, 2.75) is 48.2 Å². The average Bonchev–Trinajstić information content (AvgIpc) is 3.24. The molecule has 1 heterocycles. The number of fused-ring (bicyclic) bond motifs is 1. The lowest BCUT2D eigenvalue weighted by molar-refractivity contribution is -0.135. The number of rotatable bonds is 7. The number of hydrogen-bond donors (Lipinski definition) is 0. The van der Waals surface area contributed by atoms with Gasteiger partial charge < -0.3 is 9.64 Å². The summed E-state index contributed by atoms with van der Waals surface area (Å²) in [6.07, 6.45) is 5.62. The van der Waals surface area contributed by atoms with Gasteiger partial charge in [-0.1, -0.05) is 55.3 Å². The molecule has 0 radical (unpaired) electrons. The fourth-order valence-electron chi connectivity index (χ4n) is 3.78. The molecule has 1 amide bonds. The zero-order valence-electron chi connectivity index (χ0n) is 17.6. The molecule has 7 heteroatoms. The molecule has 5 nitrogen and oxygen atoms in total. The summed E-state index contributed by atoms with van der Waals surface area (Å²) in [5.74, 6) is 0.180. The maximum absolute atomic E-state index is 12.4. The number of esters is 1. The van der Waals surface area contributed by atoms with Gasteiger partial charge in [-0.05, 0) is 42.7 Å². The molecule has 31 heavy (non-hydrogen) atoms. The maximum atomic E-state index is 12.4. The monoisotopic (exact) mass is 454 g/mol. The topological polar surface area (TPSA) is 59.5 Å². The number of thioether (sulfide) groups is 1. The van der Waals surface area contributed by atoms with Gasteiger partial charge in [-0.3, -0.25) is 4.79 Å². The van der Waals surface area contributed by atoms with Gasteiger partial charge in [0.25, 0.3) is 5.91 Å². The van der Waals surface area contributed by atoms with Gasteiger partial charge in [-0.2, -0.15) is 0 Å². The number of amides is 1. The normalized spacial score (nSPS) is 14.5. The molecule has 0 atom stereocenters. The summed E-state index contributed by atoms with van der Waals surface area (Å²) in [4.78, 5) is 31.1. The highest BCUT2D eigenvalue weighted by Gasteiger charge is 2.23. The zero-order valence-corrected chi connectivity index (χ0v) is 19.2. The number of carbonyl (C=O) groups is 2. The Morgan fingerprint density at radius 2 is 1.84 bits per heavy atom. The molecule has 1 fully saturated rings. The van der Waals surface area contributed by atoms with Crippen molar-refractivity contribution < 1.29 is 14.3 Å². The van der Waals surface area contributed by atoms with Gasteiger partial charge in [0.1, 0.15) is 0 Å². The van der Waals surface area contributed by atoms with Crippen LogP contribution >= 0.6 is 23.1 Å². The minimum Gasteiger partial charge on any atom is -0.452 e. The van der Waals surface area contributed by atoms with E-state index in [9.17, 15) is 9.59 Å². The lowest BCUT2D eigenvalue weighted by Gasteiger charge is -2.31. The minimum absolute atomic E-state index is 0.135. The maximum Gasteiger partial charge on any atom is 0.338 e.